The fraction of sp³-hybridized carbons (Fsp3) is 0.741. The summed E-state index contributed by atoms with van der Waals surface area (Å²) < 4.78 is 39.7. The molecule has 0 spiro atoms. The van der Waals surface area contributed by atoms with Crippen molar-refractivity contribution in [2.45, 2.75) is 57.9 Å². The van der Waals surface area contributed by atoms with E-state index in [2.05, 4.69) is 23.6 Å². The molecule has 210 valence electrons. The van der Waals surface area contributed by atoms with E-state index in [1.54, 1.807) is 37.4 Å². The molecule has 2 fully saturated rings. The Morgan fingerprint density at radius 1 is 1.05 bits per heavy atom. The summed E-state index contributed by atoms with van der Waals surface area (Å²) in [7, 11) is -2.10. The molecule has 2 aliphatic heterocycles. The Balaban J connectivity index is 1.46. The smallest absolute Gasteiger partial charge is 0.248 e. The van der Waals surface area contributed by atoms with Crippen LogP contribution >= 0.6 is 0 Å². The molecule has 2 aliphatic rings. The molecule has 0 N–H and O–H groups in total. The maximum absolute atomic E-state index is 13.6. The van der Waals surface area contributed by atoms with E-state index in [9.17, 15) is 13.2 Å². The summed E-state index contributed by atoms with van der Waals surface area (Å²) in [4.78, 5) is 19.8. The Morgan fingerprint density at radius 2 is 1.70 bits per heavy atom. The van der Waals surface area contributed by atoms with Gasteiger partial charge in [-0.1, -0.05) is 13.8 Å². The third kappa shape index (κ3) is 7.66. The summed E-state index contributed by atoms with van der Waals surface area (Å²) in [5.74, 6) is 0.631. The molecule has 10 heteroatoms. The number of rotatable bonds is 13. The van der Waals surface area contributed by atoms with Gasteiger partial charge in [0.2, 0.25) is 15.9 Å². The first-order chi connectivity index (χ1) is 17.7. The molecule has 2 heterocycles. The van der Waals surface area contributed by atoms with Crippen molar-refractivity contribution in [3.8, 4) is 5.75 Å². The van der Waals surface area contributed by atoms with Crippen LogP contribution in [-0.2, 0) is 19.6 Å². The van der Waals surface area contributed by atoms with Gasteiger partial charge in [-0.3, -0.25) is 9.69 Å². The van der Waals surface area contributed by atoms with Gasteiger partial charge in [0.05, 0.1) is 18.6 Å². The highest BCUT2D eigenvalue weighted by Gasteiger charge is 2.37. The lowest BCUT2D eigenvalue weighted by Crippen LogP contribution is -2.50. The Bertz CT molecular complexity index is 968. The normalized spacial score (nSPS) is 19.6. The molecule has 0 unspecified atom stereocenters. The molecule has 1 amide bonds. The number of sulfonamides is 1. The largest absolute Gasteiger partial charge is 0.497 e. The van der Waals surface area contributed by atoms with E-state index >= 15 is 0 Å². The molecule has 1 atom stereocenters. The van der Waals surface area contributed by atoms with Gasteiger partial charge in [-0.15, -0.1) is 0 Å². The van der Waals surface area contributed by atoms with Crippen molar-refractivity contribution in [3.63, 3.8) is 0 Å². The molecule has 3 rings (SSSR count). The van der Waals surface area contributed by atoms with E-state index in [1.807, 2.05) is 4.90 Å². The van der Waals surface area contributed by atoms with Crippen LogP contribution in [0.1, 0.15) is 44.2 Å². The molecule has 2 saturated heterocycles. The number of ether oxygens (including phenoxy) is 2. The topological polar surface area (TPSA) is 82.6 Å². The van der Waals surface area contributed by atoms with Gasteiger partial charge in [0.25, 0.3) is 0 Å². The van der Waals surface area contributed by atoms with Crippen molar-refractivity contribution in [1.82, 2.24) is 19.0 Å². The Morgan fingerprint density at radius 3 is 2.30 bits per heavy atom. The van der Waals surface area contributed by atoms with Gasteiger partial charge in [-0.05, 0) is 82.5 Å². The van der Waals surface area contributed by atoms with Crippen LogP contribution < -0.4 is 4.74 Å². The summed E-state index contributed by atoms with van der Waals surface area (Å²) in [6.07, 6.45) is 2.66. The van der Waals surface area contributed by atoms with Crippen LogP contribution in [0.25, 0.3) is 0 Å². The molecular formula is C27H46N4O5S. The average Bonchev–Trinajstić information content (AvgIpc) is 3.36. The predicted molar refractivity (Wildman–Crippen MR) is 146 cm³/mol. The SMILES string of the molecule is CCN(CC)CCCN1CCN(C(=O)COC[C@@H]2CCCN2S(=O)(=O)c2c(C)cc(OC)cc2C)CC1. The van der Waals surface area contributed by atoms with Crippen LogP contribution in [0.4, 0.5) is 0 Å². The summed E-state index contributed by atoms with van der Waals surface area (Å²) in [6, 6.07) is 3.25. The number of carbonyl (C=O) groups excluding carboxylic acids is 1. The monoisotopic (exact) mass is 538 g/mol. The number of piperazine rings is 1. The zero-order chi connectivity index (χ0) is 27.0. The second-order valence-corrected chi connectivity index (χ2v) is 11.9. The minimum Gasteiger partial charge on any atom is -0.497 e. The summed E-state index contributed by atoms with van der Waals surface area (Å²) in [6.45, 7) is 16.2. The fourth-order valence-corrected chi connectivity index (χ4v) is 7.59. The average molecular weight is 539 g/mol. The van der Waals surface area contributed by atoms with Crippen molar-refractivity contribution in [2.24, 2.45) is 0 Å². The van der Waals surface area contributed by atoms with E-state index in [-0.39, 0.29) is 25.2 Å². The number of carbonyl (C=O) groups is 1. The third-order valence-electron chi connectivity index (χ3n) is 7.66. The minimum absolute atomic E-state index is 0.00700. The highest BCUT2D eigenvalue weighted by atomic mass is 32.2. The maximum Gasteiger partial charge on any atom is 0.248 e. The second kappa shape index (κ2) is 13.9. The first kappa shape index (κ1) is 29.8. The third-order valence-corrected chi connectivity index (χ3v) is 9.92. The minimum atomic E-state index is -3.67. The predicted octanol–water partition coefficient (Wildman–Crippen LogP) is 2.36. The van der Waals surface area contributed by atoms with Crippen molar-refractivity contribution in [1.29, 1.82) is 0 Å². The summed E-state index contributed by atoms with van der Waals surface area (Å²) in [5, 5.41) is 0. The number of methoxy groups -OCH3 is 1. The first-order valence-corrected chi connectivity index (χ1v) is 15.1. The van der Waals surface area contributed by atoms with Crippen LogP contribution in [0.2, 0.25) is 0 Å². The Hall–Kier alpha value is -1.72. The number of benzene rings is 1. The second-order valence-electron chi connectivity index (χ2n) is 10.1. The Labute approximate surface area is 223 Å². The van der Waals surface area contributed by atoms with E-state index in [0.717, 1.165) is 58.5 Å². The molecule has 1 aromatic rings. The van der Waals surface area contributed by atoms with Crippen molar-refractivity contribution >= 4 is 15.9 Å². The summed E-state index contributed by atoms with van der Waals surface area (Å²) in [5.41, 5.74) is 1.34. The molecule has 0 aromatic heterocycles. The number of amides is 1. The highest BCUT2D eigenvalue weighted by Crippen LogP contribution is 2.32. The zero-order valence-electron chi connectivity index (χ0n) is 23.4. The lowest BCUT2D eigenvalue weighted by molar-refractivity contribution is -0.138. The van der Waals surface area contributed by atoms with Crippen LogP contribution in [0, 0.1) is 13.8 Å². The fourth-order valence-electron chi connectivity index (χ4n) is 5.50. The van der Waals surface area contributed by atoms with Crippen molar-refractivity contribution < 1.29 is 22.7 Å². The van der Waals surface area contributed by atoms with E-state index in [0.29, 0.717) is 41.4 Å². The quantitative estimate of drug-likeness (QED) is 0.381. The van der Waals surface area contributed by atoms with E-state index in [4.69, 9.17) is 9.47 Å². The number of hydrogen-bond acceptors (Lipinski definition) is 7. The summed E-state index contributed by atoms with van der Waals surface area (Å²) >= 11 is 0. The molecule has 1 aromatic carbocycles. The number of hydrogen-bond donors (Lipinski definition) is 0. The maximum atomic E-state index is 13.6. The van der Waals surface area contributed by atoms with Crippen LogP contribution in [-0.4, -0.2) is 119 Å². The molecule has 0 aliphatic carbocycles. The molecule has 37 heavy (non-hydrogen) atoms. The van der Waals surface area contributed by atoms with Gasteiger partial charge in [-0.2, -0.15) is 4.31 Å². The molecule has 0 saturated carbocycles. The Kier molecular flexibility index (Phi) is 11.2. The highest BCUT2D eigenvalue weighted by molar-refractivity contribution is 7.89. The van der Waals surface area contributed by atoms with Gasteiger partial charge >= 0.3 is 0 Å². The standard InChI is InChI=1S/C27H46N4O5S/c1-6-28(7-2)11-9-12-29-14-16-30(17-15-29)26(32)21-36-20-24-10-8-13-31(24)37(33,34)27-22(3)18-25(35-5)19-23(27)4/h18-19,24H,6-17,20-21H2,1-5H3/t24-/m0/s1. The van der Waals surface area contributed by atoms with E-state index in [1.165, 1.54) is 0 Å². The number of nitrogens with zero attached hydrogens (tertiary/aromatic N) is 4. The van der Waals surface area contributed by atoms with Gasteiger partial charge in [0.15, 0.2) is 0 Å². The van der Waals surface area contributed by atoms with E-state index < -0.39 is 10.0 Å². The van der Waals surface area contributed by atoms with Crippen LogP contribution in [0.15, 0.2) is 17.0 Å². The van der Waals surface area contributed by atoms with Crippen LogP contribution in [0.3, 0.4) is 0 Å². The van der Waals surface area contributed by atoms with Gasteiger partial charge in [0.1, 0.15) is 12.4 Å². The molecular weight excluding hydrogens is 492 g/mol. The van der Waals surface area contributed by atoms with Crippen molar-refractivity contribution in [2.75, 3.05) is 79.2 Å². The lowest BCUT2D eigenvalue weighted by atomic mass is 10.1. The number of aryl methyl sites for hydroxylation is 2. The van der Waals surface area contributed by atoms with Gasteiger partial charge in [-0.25, -0.2) is 8.42 Å². The lowest BCUT2D eigenvalue weighted by Gasteiger charge is -2.35. The molecule has 0 radical (unpaired) electrons. The van der Waals surface area contributed by atoms with Gasteiger partial charge in [0, 0.05) is 38.8 Å². The van der Waals surface area contributed by atoms with Gasteiger partial charge < -0.3 is 19.3 Å². The van der Waals surface area contributed by atoms with Crippen molar-refractivity contribution in [3.05, 3.63) is 23.3 Å². The molecule has 9 nitrogen and oxygen atoms in total. The molecule has 0 bridgehead atoms. The van der Waals surface area contributed by atoms with Crippen LogP contribution in [0.5, 0.6) is 5.75 Å². The first-order valence-electron chi connectivity index (χ1n) is 13.7. The zero-order valence-corrected chi connectivity index (χ0v) is 24.2.